The number of hydrogen-bond acceptors (Lipinski definition) is 4. The maximum Gasteiger partial charge on any atom is 0.191 e. The third kappa shape index (κ3) is 5.81. The average molecular weight is 480 g/mol. The molecule has 0 fully saturated rings. The summed E-state index contributed by atoms with van der Waals surface area (Å²) in [5, 5.41) is 12.8. The van der Waals surface area contributed by atoms with Gasteiger partial charge in [0.1, 0.15) is 31.1 Å². The Labute approximate surface area is 176 Å². The summed E-state index contributed by atoms with van der Waals surface area (Å²) < 4.78 is 7.66. The van der Waals surface area contributed by atoms with Gasteiger partial charge in [0, 0.05) is 19.0 Å². The Morgan fingerprint density at radius 1 is 1.15 bits per heavy atom. The van der Waals surface area contributed by atoms with Gasteiger partial charge < -0.3 is 15.4 Å². The molecule has 0 aliphatic heterocycles. The number of nitrogens with zero attached hydrogens (tertiary/aromatic N) is 4. The highest BCUT2D eigenvalue weighted by molar-refractivity contribution is 14.0. The van der Waals surface area contributed by atoms with Crippen LogP contribution in [0.25, 0.3) is 10.8 Å². The lowest BCUT2D eigenvalue weighted by atomic mass is 10.1. The lowest BCUT2D eigenvalue weighted by Crippen LogP contribution is -2.39. The molecule has 0 aliphatic rings. The highest BCUT2D eigenvalue weighted by Crippen LogP contribution is 2.24. The number of aryl methyl sites for hydroxylation is 1. The van der Waals surface area contributed by atoms with E-state index in [0.29, 0.717) is 19.7 Å². The monoisotopic (exact) mass is 480 g/mol. The molecule has 3 aromatic rings. The van der Waals surface area contributed by atoms with Crippen molar-refractivity contribution in [3.63, 3.8) is 0 Å². The van der Waals surface area contributed by atoms with Gasteiger partial charge in [-0.1, -0.05) is 36.4 Å². The fourth-order valence-corrected chi connectivity index (χ4v) is 2.61. The molecule has 1 aromatic heterocycles. The highest BCUT2D eigenvalue weighted by atomic mass is 127. The van der Waals surface area contributed by atoms with Crippen LogP contribution in [0, 0.1) is 0 Å². The summed E-state index contributed by atoms with van der Waals surface area (Å²) in [7, 11) is 1.86. The van der Waals surface area contributed by atoms with E-state index in [0.717, 1.165) is 29.5 Å². The molecule has 0 spiro atoms. The van der Waals surface area contributed by atoms with E-state index in [1.807, 2.05) is 38.2 Å². The van der Waals surface area contributed by atoms with Crippen LogP contribution < -0.4 is 15.4 Å². The third-order valence-corrected chi connectivity index (χ3v) is 3.93. The average Bonchev–Trinajstić information content (AvgIpc) is 3.08. The molecule has 0 bridgehead atoms. The van der Waals surface area contributed by atoms with E-state index in [2.05, 4.69) is 43.9 Å². The van der Waals surface area contributed by atoms with E-state index in [-0.39, 0.29) is 24.0 Å². The van der Waals surface area contributed by atoms with Crippen LogP contribution in [0.5, 0.6) is 5.75 Å². The van der Waals surface area contributed by atoms with Gasteiger partial charge in [0.15, 0.2) is 5.96 Å². The van der Waals surface area contributed by atoms with Gasteiger partial charge in [-0.15, -0.1) is 24.0 Å². The van der Waals surface area contributed by atoms with E-state index in [1.165, 1.54) is 11.7 Å². The number of halogens is 1. The van der Waals surface area contributed by atoms with E-state index in [9.17, 15) is 0 Å². The Kier molecular flexibility index (Phi) is 8.31. The Balaban J connectivity index is 0.00000261. The van der Waals surface area contributed by atoms with Crippen molar-refractivity contribution in [2.45, 2.75) is 13.5 Å². The zero-order valence-electron chi connectivity index (χ0n) is 15.6. The summed E-state index contributed by atoms with van der Waals surface area (Å²) in [5.74, 6) is 2.44. The van der Waals surface area contributed by atoms with Crippen LogP contribution in [0.3, 0.4) is 0 Å². The van der Waals surface area contributed by atoms with Crippen molar-refractivity contribution in [3.05, 3.63) is 54.6 Å². The van der Waals surface area contributed by atoms with Gasteiger partial charge >= 0.3 is 0 Å². The van der Waals surface area contributed by atoms with Crippen molar-refractivity contribution in [1.29, 1.82) is 0 Å². The minimum absolute atomic E-state index is 0. The molecule has 27 heavy (non-hydrogen) atoms. The first-order chi connectivity index (χ1) is 12.8. The van der Waals surface area contributed by atoms with Gasteiger partial charge in [0.2, 0.25) is 0 Å². The van der Waals surface area contributed by atoms with Crippen molar-refractivity contribution >= 4 is 40.7 Å². The quantitative estimate of drug-likeness (QED) is 0.236. The van der Waals surface area contributed by atoms with Crippen LogP contribution in [-0.4, -0.2) is 40.4 Å². The lowest BCUT2D eigenvalue weighted by molar-refractivity contribution is 0.325. The maximum absolute atomic E-state index is 5.95. The molecule has 1 heterocycles. The van der Waals surface area contributed by atoms with Gasteiger partial charge in [-0.25, -0.2) is 9.98 Å². The Bertz CT molecular complexity index is 874. The lowest BCUT2D eigenvalue weighted by Gasteiger charge is -2.13. The number of rotatable bonds is 7. The van der Waals surface area contributed by atoms with Crippen molar-refractivity contribution in [3.8, 4) is 5.75 Å². The molecular weight excluding hydrogens is 455 g/mol. The van der Waals surface area contributed by atoms with Crippen LogP contribution in [0.2, 0.25) is 0 Å². The largest absolute Gasteiger partial charge is 0.491 e. The van der Waals surface area contributed by atoms with Crippen LogP contribution >= 0.6 is 24.0 Å². The molecule has 7 nitrogen and oxygen atoms in total. The second kappa shape index (κ2) is 10.7. The molecule has 2 N–H and O–H groups in total. The standard InChI is InChI=1S/C19H24N6O.HI/c1-3-20-19(22-13-18-23-14-24-25(18)2)21-11-12-26-17-10-6-8-15-7-4-5-9-16(15)17;/h4-10,14H,3,11-13H2,1-2H3,(H2,20,21,22);1H. The number of fused-ring (bicyclic) bond motifs is 1. The molecule has 0 saturated carbocycles. The molecule has 8 heteroatoms. The first-order valence-corrected chi connectivity index (χ1v) is 8.73. The van der Waals surface area contributed by atoms with Crippen LogP contribution in [0.1, 0.15) is 12.7 Å². The second-order valence-electron chi connectivity index (χ2n) is 5.75. The second-order valence-corrected chi connectivity index (χ2v) is 5.75. The molecule has 0 unspecified atom stereocenters. The predicted molar refractivity (Wildman–Crippen MR) is 119 cm³/mol. The van der Waals surface area contributed by atoms with E-state index < -0.39 is 0 Å². The number of guanidine groups is 1. The van der Waals surface area contributed by atoms with Crippen LogP contribution in [0.4, 0.5) is 0 Å². The number of aromatic nitrogens is 3. The van der Waals surface area contributed by atoms with Crippen molar-refractivity contribution in [2.24, 2.45) is 12.0 Å². The third-order valence-electron chi connectivity index (χ3n) is 3.93. The summed E-state index contributed by atoms with van der Waals surface area (Å²) in [5.41, 5.74) is 0. The molecule has 0 aliphatic carbocycles. The number of aliphatic imine (C=N–C) groups is 1. The molecule has 0 amide bonds. The van der Waals surface area contributed by atoms with E-state index >= 15 is 0 Å². The van der Waals surface area contributed by atoms with E-state index in [4.69, 9.17) is 4.74 Å². The Hall–Kier alpha value is -2.36. The number of benzene rings is 2. The van der Waals surface area contributed by atoms with Crippen LogP contribution in [0.15, 0.2) is 53.8 Å². The summed E-state index contributed by atoms with van der Waals surface area (Å²) in [6, 6.07) is 14.3. The number of nitrogens with one attached hydrogen (secondary N) is 2. The summed E-state index contributed by atoms with van der Waals surface area (Å²) in [6.07, 6.45) is 1.53. The summed E-state index contributed by atoms with van der Waals surface area (Å²) in [4.78, 5) is 8.70. The van der Waals surface area contributed by atoms with Gasteiger partial charge in [0.05, 0.1) is 6.54 Å². The van der Waals surface area contributed by atoms with Gasteiger partial charge in [0.25, 0.3) is 0 Å². The van der Waals surface area contributed by atoms with Crippen molar-refractivity contribution < 1.29 is 4.74 Å². The van der Waals surface area contributed by atoms with E-state index in [1.54, 1.807) is 4.68 Å². The molecule has 0 saturated heterocycles. The SMILES string of the molecule is CCNC(=NCc1ncnn1C)NCCOc1cccc2ccccc12.I. The van der Waals surface area contributed by atoms with Gasteiger partial charge in [-0.05, 0) is 18.4 Å². The maximum atomic E-state index is 5.95. The topological polar surface area (TPSA) is 76.4 Å². The predicted octanol–water partition coefficient (Wildman–Crippen LogP) is 2.72. The highest BCUT2D eigenvalue weighted by Gasteiger charge is 2.03. The van der Waals surface area contributed by atoms with Crippen molar-refractivity contribution in [2.75, 3.05) is 19.7 Å². The molecule has 0 atom stereocenters. The Morgan fingerprint density at radius 2 is 1.96 bits per heavy atom. The summed E-state index contributed by atoms with van der Waals surface area (Å²) in [6.45, 7) is 4.48. The fraction of sp³-hybridized carbons (Fsp3) is 0.316. The van der Waals surface area contributed by atoms with Crippen LogP contribution in [-0.2, 0) is 13.6 Å². The van der Waals surface area contributed by atoms with Crippen molar-refractivity contribution in [1.82, 2.24) is 25.4 Å². The fourth-order valence-electron chi connectivity index (χ4n) is 2.61. The molecule has 144 valence electrons. The smallest absolute Gasteiger partial charge is 0.191 e. The molecule has 0 radical (unpaired) electrons. The summed E-state index contributed by atoms with van der Waals surface area (Å²) >= 11 is 0. The zero-order chi connectivity index (χ0) is 18.2. The zero-order valence-corrected chi connectivity index (χ0v) is 17.9. The minimum Gasteiger partial charge on any atom is -0.491 e. The number of ether oxygens (including phenoxy) is 1. The first-order valence-electron chi connectivity index (χ1n) is 8.73. The Morgan fingerprint density at radius 3 is 2.74 bits per heavy atom. The number of hydrogen-bond donors (Lipinski definition) is 2. The van der Waals surface area contributed by atoms with Gasteiger partial charge in [-0.2, -0.15) is 5.10 Å². The molecular formula is C19H25IN6O. The van der Waals surface area contributed by atoms with Gasteiger partial charge in [-0.3, -0.25) is 4.68 Å². The molecule has 3 rings (SSSR count). The molecule has 2 aromatic carbocycles. The normalized spacial score (nSPS) is 11.1. The minimum atomic E-state index is 0. The first kappa shape index (κ1) is 20.9.